The molecular weight excluding hydrogens is 352 g/mol. The van der Waals surface area contributed by atoms with Gasteiger partial charge in [0.05, 0.1) is 6.61 Å². The molecule has 0 heterocycles. The number of hydrogen-bond acceptors (Lipinski definition) is 3. The van der Waals surface area contributed by atoms with Crippen LogP contribution in [0.25, 0.3) is 11.1 Å². The summed E-state index contributed by atoms with van der Waals surface area (Å²) in [7, 11) is 0. The summed E-state index contributed by atoms with van der Waals surface area (Å²) in [5.41, 5.74) is 4.14. The Labute approximate surface area is 165 Å². The molecule has 4 nitrogen and oxygen atoms in total. The molecule has 0 saturated heterocycles. The Hall–Kier alpha value is -3.27. The van der Waals surface area contributed by atoms with Gasteiger partial charge in [-0.05, 0) is 73.4 Å². The molecule has 0 aliphatic heterocycles. The molecule has 0 spiro atoms. The third-order valence-corrected chi connectivity index (χ3v) is 4.43. The van der Waals surface area contributed by atoms with Crippen molar-refractivity contribution in [1.82, 2.24) is 0 Å². The van der Waals surface area contributed by atoms with Crippen LogP contribution in [-0.4, -0.2) is 17.7 Å². The molecule has 0 saturated carbocycles. The number of ether oxygens (including phenoxy) is 2. The van der Waals surface area contributed by atoms with Crippen LogP contribution in [-0.2, 0) is 0 Å². The highest BCUT2D eigenvalue weighted by Crippen LogP contribution is 2.33. The minimum absolute atomic E-state index is 0.129. The quantitative estimate of drug-likeness (QED) is 0.529. The Morgan fingerprint density at radius 1 is 0.893 bits per heavy atom. The molecule has 0 unspecified atom stereocenters. The average molecular weight is 376 g/mol. The highest BCUT2D eigenvalue weighted by atomic mass is 16.5. The van der Waals surface area contributed by atoms with Crippen LogP contribution in [0.5, 0.6) is 17.2 Å². The first-order valence-electron chi connectivity index (χ1n) is 9.33. The topological polar surface area (TPSA) is 55.8 Å². The van der Waals surface area contributed by atoms with Crippen LogP contribution in [0.15, 0.2) is 60.7 Å². The maximum atomic E-state index is 11.6. The molecule has 0 atom stereocenters. The first-order valence-corrected chi connectivity index (χ1v) is 9.33. The number of benzene rings is 3. The molecule has 0 amide bonds. The summed E-state index contributed by atoms with van der Waals surface area (Å²) in [6, 6.07) is 18.6. The van der Waals surface area contributed by atoms with Crippen LogP contribution in [0.3, 0.4) is 0 Å². The normalized spacial score (nSPS) is 10.5. The Balaban J connectivity index is 1.95. The second-order valence-corrected chi connectivity index (χ2v) is 6.76. The number of carboxylic acid groups (broad SMARTS) is 1. The highest BCUT2D eigenvalue weighted by Gasteiger charge is 2.14. The summed E-state index contributed by atoms with van der Waals surface area (Å²) < 4.78 is 11.6. The molecule has 3 aromatic carbocycles. The van der Waals surface area contributed by atoms with Crippen molar-refractivity contribution in [1.29, 1.82) is 0 Å². The van der Waals surface area contributed by atoms with E-state index in [0.29, 0.717) is 18.1 Å². The fourth-order valence-corrected chi connectivity index (χ4v) is 2.90. The van der Waals surface area contributed by atoms with Gasteiger partial charge in [-0.1, -0.05) is 36.8 Å². The predicted octanol–water partition coefficient (Wildman–Crippen LogP) is 6.25. The lowest BCUT2D eigenvalue weighted by Crippen LogP contribution is -2.00. The zero-order valence-corrected chi connectivity index (χ0v) is 16.4. The molecule has 1 N–H and O–H groups in total. The van der Waals surface area contributed by atoms with Crippen molar-refractivity contribution >= 4 is 5.97 Å². The lowest BCUT2D eigenvalue weighted by molar-refractivity contribution is 0.0694. The zero-order valence-electron chi connectivity index (χ0n) is 16.4. The van der Waals surface area contributed by atoms with Crippen molar-refractivity contribution in [3.05, 3.63) is 77.4 Å². The zero-order chi connectivity index (χ0) is 20.1. The second kappa shape index (κ2) is 8.61. The average Bonchev–Trinajstić information content (AvgIpc) is 2.68. The van der Waals surface area contributed by atoms with Crippen molar-refractivity contribution in [3.8, 4) is 28.4 Å². The van der Waals surface area contributed by atoms with Gasteiger partial charge < -0.3 is 14.6 Å². The number of carboxylic acids is 1. The minimum Gasteiger partial charge on any atom is -0.493 e. The van der Waals surface area contributed by atoms with Crippen molar-refractivity contribution in [2.45, 2.75) is 27.2 Å². The maximum absolute atomic E-state index is 11.6. The third kappa shape index (κ3) is 4.52. The second-order valence-electron chi connectivity index (χ2n) is 6.76. The Morgan fingerprint density at radius 2 is 1.57 bits per heavy atom. The molecule has 3 rings (SSSR count). The van der Waals surface area contributed by atoms with Crippen molar-refractivity contribution in [2.24, 2.45) is 0 Å². The van der Waals surface area contributed by atoms with E-state index in [-0.39, 0.29) is 5.56 Å². The third-order valence-electron chi connectivity index (χ3n) is 4.43. The molecule has 0 aliphatic carbocycles. The summed E-state index contributed by atoms with van der Waals surface area (Å²) in [4.78, 5) is 11.6. The largest absolute Gasteiger partial charge is 0.493 e. The Bertz CT molecular complexity index is 974. The van der Waals surface area contributed by atoms with Crippen LogP contribution in [0.4, 0.5) is 0 Å². The SMILES string of the molecule is CCCOc1ccc(-c2ccc(C(=O)O)c(Oc3ccc(C)cc3)c2)cc1C. The van der Waals surface area contributed by atoms with E-state index in [1.165, 1.54) is 0 Å². The van der Waals surface area contributed by atoms with Gasteiger partial charge in [0.1, 0.15) is 22.8 Å². The lowest BCUT2D eigenvalue weighted by Gasteiger charge is -2.13. The van der Waals surface area contributed by atoms with Gasteiger partial charge >= 0.3 is 5.97 Å². The van der Waals surface area contributed by atoms with E-state index in [4.69, 9.17) is 9.47 Å². The molecule has 28 heavy (non-hydrogen) atoms. The number of aromatic carboxylic acids is 1. The summed E-state index contributed by atoms with van der Waals surface area (Å²) >= 11 is 0. The van der Waals surface area contributed by atoms with E-state index >= 15 is 0 Å². The molecule has 0 aromatic heterocycles. The van der Waals surface area contributed by atoms with Gasteiger partial charge in [-0.15, -0.1) is 0 Å². The predicted molar refractivity (Wildman–Crippen MR) is 111 cm³/mol. The van der Waals surface area contributed by atoms with E-state index in [0.717, 1.165) is 34.4 Å². The highest BCUT2D eigenvalue weighted by molar-refractivity contribution is 5.92. The molecule has 3 aromatic rings. The molecule has 0 aliphatic rings. The van der Waals surface area contributed by atoms with Gasteiger partial charge in [0.2, 0.25) is 0 Å². The van der Waals surface area contributed by atoms with Crippen LogP contribution < -0.4 is 9.47 Å². The monoisotopic (exact) mass is 376 g/mol. The van der Waals surface area contributed by atoms with Crippen molar-refractivity contribution < 1.29 is 19.4 Å². The number of rotatable bonds is 7. The summed E-state index contributed by atoms with van der Waals surface area (Å²) in [6.07, 6.45) is 0.956. The Morgan fingerprint density at radius 3 is 2.21 bits per heavy atom. The molecule has 4 heteroatoms. The van der Waals surface area contributed by atoms with Crippen molar-refractivity contribution in [3.63, 3.8) is 0 Å². The standard InChI is InChI=1S/C24H24O4/c1-4-13-27-22-12-8-18(14-17(22)3)19-7-11-21(24(25)26)23(15-19)28-20-9-5-16(2)6-10-20/h5-12,14-15H,4,13H2,1-3H3,(H,25,26). The van der Waals surface area contributed by atoms with Gasteiger partial charge in [-0.25, -0.2) is 4.79 Å². The van der Waals surface area contributed by atoms with Gasteiger partial charge in [-0.3, -0.25) is 0 Å². The number of hydrogen-bond donors (Lipinski definition) is 1. The van der Waals surface area contributed by atoms with E-state index in [9.17, 15) is 9.90 Å². The summed E-state index contributed by atoms with van der Waals surface area (Å²) in [6.45, 7) is 6.75. The maximum Gasteiger partial charge on any atom is 0.339 e. The molecular formula is C24H24O4. The van der Waals surface area contributed by atoms with Gasteiger partial charge in [-0.2, -0.15) is 0 Å². The molecule has 0 radical (unpaired) electrons. The first kappa shape index (κ1) is 19.5. The van der Waals surface area contributed by atoms with E-state index in [1.54, 1.807) is 18.2 Å². The van der Waals surface area contributed by atoms with Crippen LogP contribution in [0, 0.1) is 13.8 Å². The van der Waals surface area contributed by atoms with Crippen LogP contribution in [0.2, 0.25) is 0 Å². The minimum atomic E-state index is -1.02. The van der Waals surface area contributed by atoms with Gasteiger partial charge in [0, 0.05) is 0 Å². The van der Waals surface area contributed by atoms with Crippen molar-refractivity contribution in [2.75, 3.05) is 6.61 Å². The molecule has 144 valence electrons. The summed E-state index contributed by atoms with van der Waals surface area (Å²) in [5, 5.41) is 9.52. The van der Waals surface area contributed by atoms with E-state index in [2.05, 4.69) is 6.92 Å². The van der Waals surface area contributed by atoms with Gasteiger partial charge in [0.25, 0.3) is 0 Å². The smallest absolute Gasteiger partial charge is 0.339 e. The fourth-order valence-electron chi connectivity index (χ4n) is 2.90. The fraction of sp³-hybridized carbons (Fsp3) is 0.208. The van der Waals surface area contributed by atoms with Gasteiger partial charge in [0.15, 0.2) is 0 Å². The number of aryl methyl sites for hydroxylation is 2. The van der Waals surface area contributed by atoms with E-state index in [1.807, 2.05) is 56.3 Å². The van der Waals surface area contributed by atoms with E-state index < -0.39 is 5.97 Å². The lowest BCUT2D eigenvalue weighted by atomic mass is 10.0. The molecule has 0 fully saturated rings. The summed E-state index contributed by atoms with van der Waals surface area (Å²) in [5.74, 6) is 0.764. The van der Waals surface area contributed by atoms with Crippen LogP contribution >= 0.6 is 0 Å². The molecule has 0 bridgehead atoms. The first-order chi connectivity index (χ1) is 13.5. The number of carbonyl (C=O) groups is 1. The van der Waals surface area contributed by atoms with Crippen LogP contribution in [0.1, 0.15) is 34.8 Å². The Kier molecular flexibility index (Phi) is 5.99.